The Balaban J connectivity index is 0. The molecule has 0 bridgehead atoms. The molecule has 0 aromatic carbocycles. The molecule has 6 heteroatoms. The quantitative estimate of drug-likeness (QED) is 0.0951. The van der Waals surface area contributed by atoms with Crippen molar-refractivity contribution in [1.29, 1.82) is 0 Å². The normalized spacial score (nSPS) is 12.7. The summed E-state index contributed by atoms with van der Waals surface area (Å²) >= 11 is 0. The van der Waals surface area contributed by atoms with Gasteiger partial charge in [0.25, 0.3) is 0 Å². The van der Waals surface area contributed by atoms with Crippen molar-refractivity contribution in [3.05, 3.63) is 0 Å². The van der Waals surface area contributed by atoms with Gasteiger partial charge in [0, 0.05) is 0 Å². The summed E-state index contributed by atoms with van der Waals surface area (Å²) < 4.78 is 15.4. The largest absolute Gasteiger partial charge is 2.00 e. The molecule has 0 saturated carbocycles. The summed E-state index contributed by atoms with van der Waals surface area (Å²) in [7, 11) is -4.85. The molecule has 0 fully saturated rings. The van der Waals surface area contributed by atoms with Crippen molar-refractivity contribution in [2.24, 2.45) is 5.92 Å². The van der Waals surface area contributed by atoms with Crippen molar-refractivity contribution < 1.29 is 18.9 Å². The van der Waals surface area contributed by atoms with Gasteiger partial charge >= 0.3 is 23.1 Å². The van der Waals surface area contributed by atoms with Gasteiger partial charge < -0.3 is 18.9 Å². The van der Waals surface area contributed by atoms with Crippen LogP contribution in [0.4, 0.5) is 0 Å². The Bertz CT molecular complexity index is 376. The van der Waals surface area contributed by atoms with Crippen LogP contribution >= 0.6 is 7.82 Å². The second-order valence-corrected chi connectivity index (χ2v) is 10.00. The SMILES string of the molecule is CCCCCCCCCCCCC(CCCCCCCCCC)COP(=O)([O-])[O-].[Mg+2]. The van der Waals surface area contributed by atoms with E-state index in [0.717, 1.165) is 25.7 Å². The van der Waals surface area contributed by atoms with Gasteiger partial charge in [0.05, 0.1) is 14.4 Å². The Morgan fingerprint density at radius 3 is 1.20 bits per heavy atom. The Morgan fingerprint density at radius 1 is 0.600 bits per heavy atom. The molecular formula is C24H49MgO4P. The van der Waals surface area contributed by atoms with Crippen molar-refractivity contribution in [1.82, 2.24) is 0 Å². The second-order valence-electron chi connectivity index (χ2n) is 8.84. The molecule has 0 N–H and O–H groups in total. The maximum atomic E-state index is 10.8. The number of rotatable bonds is 23. The molecule has 0 aromatic rings. The van der Waals surface area contributed by atoms with Crippen LogP contribution in [0.2, 0.25) is 0 Å². The summed E-state index contributed by atoms with van der Waals surface area (Å²) in [4.78, 5) is 21.7. The molecule has 0 aromatic heterocycles. The molecule has 4 nitrogen and oxygen atoms in total. The molecular weight excluding hydrogens is 408 g/mol. The first-order valence-corrected chi connectivity index (χ1v) is 14.1. The van der Waals surface area contributed by atoms with E-state index >= 15 is 0 Å². The maximum absolute atomic E-state index is 10.8. The van der Waals surface area contributed by atoms with E-state index in [9.17, 15) is 14.4 Å². The van der Waals surface area contributed by atoms with Crippen molar-refractivity contribution in [2.75, 3.05) is 6.61 Å². The smallest absolute Gasteiger partial charge is 0.790 e. The van der Waals surface area contributed by atoms with E-state index in [1.807, 2.05) is 0 Å². The van der Waals surface area contributed by atoms with Crippen molar-refractivity contribution in [3.8, 4) is 0 Å². The molecule has 1 unspecified atom stereocenters. The van der Waals surface area contributed by atoms with Crippen molar-refractivity contribution in [2.45, 2.75) is 142 Å². The average Bonchev–Trinajstić information content (AvgIpc) is 2.68. The zero-order chi connectivity index (χ0) is 21.6. The molecule has 0 radical (unpaired) electrons. The maximum Gasteiger partial charge on any atom is 2.00 e. The molecule has 0 aliphatic heterocycles. The molecule has 0 aliphatic rings. The van der Waals surface area contributed by atoms with Gasteiger partial charge in [0.2, 0.25) is 0 Å². The topological polar surface area (TPSA) is 72.4 Å². The molecule has 1 atom stereocenters. The predicted octanol–water partition coefficient (Wildman–Crippen LogP) is 6.91. The van der Waals surface area contributed by atoms with Gasteiger partial charge in [-0.15, -0.1) is 0 Å². The molecule has 30 heavy (non-hydrogen) atoms. The fourth-order valence-electron chi connectivity index (χ4n) is 4.00. The van der Waals surface area contributed by atoms with Crippen LogP contribution < -0.4 is 9.79 Å². The molecule has 0 heterocycles. The van der Waals surface area contributed by atoms with Crippen molar-refractivity contribution >= 4 is 30.9 Å². The number of phosphoric acid groups is 1. The van der Waals surface area contributed by atoms with Crippen molar-refractivity contribution in [3.63, 3.8) is 0 Å². The van der Waals surface area contributed by atoms with E-state index in [1.54, 1.807) is 0 Å². The Kier molecular flexibility index (Phi) is 27.0. The molecule has 0 saturated heterocycles. The van der Waals surface area contributed by atoms with Gasteiger partial charge in [-0.05, 0) is 18.8 Å². The average molecular weight is 457 g/mol. The van der Waals surface area contributed by atoms with E-state index in [2.05, 4.69) is 18.4 Å². The fraction of sp³-hybridized carbons (Fsp3) is 1.00. The van der Waals surface area contributed by atoms with E-state index in [4.69, 9.17) is 0 Å². The first kappa shape index (κ1) is 33.1. The van der Waals surface area contributed by atoms with Crippen LogP contribution in [0.25, 0.3) is 0 Å². The second kappa shape index (κ2) is 24.5. The minimum absolute atomic E-state index is 0. The third-order valence-electron chi connectivity index (χ3n) is 5.90. The first-order valence-electron chi connectivity index (χ1n) is 12.7. The monoisotopic (exact) mass is 456 g/mol. The van der Waals surface area contributed by atoms with Crippen LogP contribution in [0.15, 0.2) is 0 Å². The number of hydrogen-bond acceptors (Lipinski definition) is 4. The predicted molar refractivity (Wildman–Crippen MR) is 126 cm³/mol. The van der Waals surface area contributed by atoms with Crippen LogP contribution in [-0.2, 0) is 9.09 Å². The van der Waals surface area contributed by atoms with Gasteiger partial charge in [-0.1, -0.05) is 129 Å². The zero-order valence-corrected chi connectivity index (χ0v) is 22.5. The molecule has 0 amide bonds. The molecule has 0 aliphatic carbocycles. The summed E-state index contributed by atoms with van der Waals surface area (Å²) in [5, 5.41) is 0. The summed E-state index contributed by atoms with van der Waals surface area (Å²) in [6.07, 6.45) is 25.1. The number of phosphoric ester groups is 1. The summed E-state index contributed by atoms with van der Waals surface area (Å²) in [6.45, 7) is 4.57. The minimum atomic E-state index is -4.85. The van der Waals surface area contributed by atoms with Crippen LogP contribution in [-0.4, -0.2) is 29.7 Å². The van der Waals surface area contributed by atoms with Crippen LogP contribution in [0.3, 0.4) is 0 Å². The van der Waals surface area contributed by atoms with Crippen LogP contribution in [0.1, 0.15) is 142 Å². The van der Waals surface area contributed by atoms with Gasteiger partial charge in [0.15, 0.2) is 0 Å². The summed E-state index contributed by atoms with van der Waals surface area (Å²) in [5.41, 5.74) is 0. The van der Waals surface area contributed by atoms with Crippen LogP contribution in [0, 0.1) is 5.92 Å². The minimum Gasteiger partial charge on any atom is -0.790 e. The first-order chi connectivity index (χ1) is 14.0. The van der Waals surface area contributed by atoms with Gasteiger partial charge in [-0.2, -0.15) is 0 Å². The Morgan fingerprint density at radius 2 is 0.900 bits per heavy atom. The molecule has 176 valence electrons. The van der Waals surface area contributed by atoms with Gasteiger partial charge in [-0.25, -0.2) is 0 Å². The van der Waals surface area contributed by atoms with Gasteiger partial charge in [0.1, 0.15) is 0 Å². The fourth-order valence-corrected chi connectivity index (χ4v) is 4.39. The molecule has 0 rings (SSSR count). The standard InChI is InChI=1S/C24H51O4P.Mg/c1-3-5-7-9-11-13-14-16-18-20-22-24(23-28-29(25,26)27)21-19-17-15-12-10-8-6-4-2;/h24H,3-23H2,1-2H3,(H2,25,26,27);/q;+2/p-2. The van der Waals surface area contributed by atoms with Gasteiger partial charge in [-0.3, -0.25) is 0 Å². The third kappa shape index (κ3) is 26.9. The summed E-state index contributed by atoms with van der Waals surface area (Å²) in [5.74, 6) is 0.209. The van der Waals surface area contributed by atoms with E-state index in [1.165, 1.54) is 103 Å². The van der Waals surface area contributed by atoms with E-state index in [-0.39, 0.29) is 35.6 Å². The Labute approximate surface area is 204 Å². The molecule has 0 spiro atoms. The zero-order valence-electron chi connectivity index (χ0n) is 20.2. The third-order valence-corrected chi connectivity index (χ3v) is 6.37. The number of hydrogen-bond donors (Lipinski definition) is 0. The Hall–Kier alpha value is 0.876. The van der Waals surface area contributed by atoms with E-state index in [0.29, 0.717) is 0 Å². The summed E-state index contributed by atoms with van der Waals surface area (Å²) in [6, 6.07) is 0. The van der Waals surface area contributed by atoms with E-state index < -0.39 is 7.82 Å². The van der Waals surface area contributed by atoms with Crippen LogP contribution in [0.5, 0.6) is 0 Å². The number of unbranched alkanes of at least 4 members (excludes halogenated alkanes) is 16.